The van der Waals surface area contributed by atoms with Crippen LogP contribution in [-0.4, -0.2) is 93.2 Å². The summed E-state index contributed by atoms with van der Waals surface area (Å²) in [6.07, 6.45) is 10.9. The molecule has 0 unspecified atom stereocenters. The topological polar surface area (TPSA) is 129 Å². The molecule has 98 heavy (non-hydrogen) atoms. The number of hydrogen-bond donors (Lipinski definition) is 0. The molecule has 2 fully saturated rings. The van der Waals surface area contributed by atoms with E-state index in [9.17, 15) is 0 Å². The van der Waals surface area contributed by atoms with E-state index in [1.165, 1.54) is 0 Å². The number of unbranched alkanes of at least 4 members (excludes halogenated alkanes) is 6. The maximum atomic E-state index is 6.58. The lowest BCUT2D eigenvalue weighted by molar-refractivity contribution is -0.150. The highest BCUT2D eigenvalue weighted by Gasteiger charge is 2.38. The van der Waals surface area contributed by atoms with E-state index in [2.05, 4.69) is 50.2 Å². The zero-order valence-corrected chi connectivity index (χ0v) is 56.5. The van der Waals surface area contributed by atoms with Crippen LogP contribution in [0, 0.1) is 10.8 Å². The number of ether oxygens (including phenoxy) is 14. The van der Waals surface area contributed by atoms with Crippen LogP contribution in [0.4, 0.5) is 0 Å². The summed E-state index contributed by atoms with van der Waals surface area (Å²) in [5.74, 6) is 7.12. The predicted octanol–water partition coefficient (Wildman–Crippen LogP) is 19.4. The third kappa shape index (κ3) is 19.0. The molecule has 0 amide bonds. The normalized spacial score (nSPS) is 13.6. The van der Waals surface area contributed by atoms with Crippen LogP contribution in [0.15, 0.2) is 218 Å². The van der Waals surface area contributed by atoms with Gasteiger partial charge in [0.05, 0.1) is 52.9 Å². The zero-order chi connectivity index (χ0) is 66.9. The molecule has 0 N–H and O–H groups in total. The van der Waals surface area contributed by atoms with Crippen molar-refractivity contribution in [3.63, 3.8) is 0 Å². The summed E-state index contributed by atoms with van der Waals surface area (Å²) < 4.78 is 83.9. The van der Waals surface area contributed by atoms with Crippen molar-refractivity contribution in [2.24, 2.45) is 10.8 Å². The maximum Gasteiger partial charge on any atom is 0.230 e. The van der Waals surface area contributed by atoms with Gasteiger partial charge >= 0.3 is 0 Å². The standard InChI is InChI=1S/C84H90O14/c1-3-83(55-87-56-83)53-85-49-13-5-7-15-51-89-69-39-43-75(44-40-69)93-59-91-71-31-21-63(22-32-71)65-25-35-73(36-26-65)95-61-97-79-47-29-67-17-9-11-19-77(67)81(79)82-78-20-12-10-18-68(78)30-48-80(82)98-62-96-74-37-27-66(28-38-74)64-23-33-72(34-24-64)92-60-94-76-45-41-70(42-46-76)90-52-16-8-6-14-50-86-54-84(4-2)57-88-58-84/h9-12,17-48H,3-8,13-16,49-62H2,1-2H3. The van der Waals surface area contributed by atoms with Gasteiger partial charge in [0, 0.05) is 35.2 Å². The van der Waals surface area contributed by atoms with Gasteiger partial charge in [0.25, 0.3) is 0 Å². The van der Waals surface area contributed by atoms with Gasteiger partial charge in [-0.2, -0.15) is 0 Å². The molecule has 0 aliphatic carbocycles. The summed E-state index contributed by atoms with van der Waals surface area (Å²) in [6, 6.07) is 71.9. The summed E-state index contributed by atoms with van der Waals surface area (Å²) in [6.45, 7) is 12.5. The monoisotopic (exact) mass is 1320 g/mol. The van der Waals surface area contributed by atoms with Gasteiger partial charge in [-0.1, -0.05) is 136 Å². The molecule has 12 rings (SSSR count). The molecule has 0 bridgehead atoms. The summed E-state index contributed by atoms with van der Waals surface area (Å²) in [5, 5.41) is 4.15. The van der Waals surface area contributed by atoms with Gasteiger partial charge in [0.2, 0.25) is 27.2 Å². The first kappa shape index (κ1) is 68.5. The quantitative estimate of drug-likeness (QED) is 0.0266. The molecule has 510 valence electrons. The van der Waals surface area contributed by atoms with E-state index >= 15 is 0 Å². The third-order valence-electron chi connectivity index (χ3n) is 18.4. The fourth-order valence-corrected chi connectivity index (χ4v) is 12.0. The van der Waals surface area contributed by atoms with E-state index in [1.54, 1.807) is 0 Å². The van der Waals surface area contributed by atoms with Crippen LogP contribution in [0.5, 0.6) is 57.5 Å². The SMILES string of the molecule is CCC1(COCCCCCCOc2ccc(OCOc3ccc(-c4ccc(OCOc5ccc6ccccc6c5-c5c(OCOc6ccc(-c7ccc(OCOc8ccc(OCCCCCCOCC9(CC)COC9)cc8)cc7)cc6)ccc6ccccc56)cc4)cc3)cc2)COC1. The highest BCUT2D eigenvalue weighted by Crippen LogP contribution is 2.46. The van der Waals surface area contributed by atoms with E-state index in [1.807, 2.05) is 182 Å². The minimum absolute atomic E-state index is 0.0276. The molecular formula is C84H90O14. The Hall–Kier alpha value is -9.44. The second-order valence-electron chi connectivity index (χ2n) is 25.3. The summed E-state index contributed by atoms with van der Waals surface area (Å²) >= 11 is 0. The largest absolute Gasteiger partial charge is 0.494 e. The molecule has 0 aromatic heterocycles. The van der Waals surface area contributed by atoms with Crippen LogP contribution < -0.4 is 47.4 Å². The number of rotatable bonds is 41. The van der Waals surface area contributed by atoms with Gasteiger partial charge in [0.15, 0.2) is 0 Å². The fourth-order valence-electron chi connectivity index (χ4n) is 12.0. The Labute approximate surface area is 576 Å². The molecule has 0 saturated carbocycles. The minimum atomic E-state index is -0.0276. The Morgan fingerprint density at radius 1 is 0.276 bits per heavy atom. The second-order valence-corrected chi connectivity index (χ2v) is 25.3. The highest BCUT2D eigenvalue weighted by atomic mass is 16.7. The Morgan fingerprint density at radius 2 is 0.551 bits per heavy atom. The number of benzene rings is 10. The van der Waals surface area contributed by atoms with Gasteiger partial charge in [0.1, 0.15) is 57.5 Å². The summed E-state index contributed by atoms with van der Waals surface area (Å²) in [4.78, 5) is 0. The van der Waals surface area contributed by atoms with Gasteiger partial charge in [-0.05, 0) is 204 Å². The third-order valence-corrected chi connectivity index (χ3v) is 18.4. The van der Waals surface area contributed by atoms with Gasteiger partial charge in [-0.15, -0.1) is 0 Å². The van der Waals surface area contributed by atoms with Crippen molar-refractivity contribution >= 4 is 21.5 Å². The van der Waals surface area contributed by atoms with E-state index in [4.69, 9.17) is 66.3 Å². The molecule has 2 aliphatic heterocycles. The molecule has 2 heterocycles. The summed E-state index contributed by atoms with van der Waals surface area (Å²) in [5.41, 5.74) is 6.43. The smallest absolute Gasteiger partial charge is 0.230 e. The van der Waals surface area contributed by atoms with Crippen LogP contribution in [-0.2, 0) is 18.9 Å². The molecule has 0 radical (unpaired) electrons. The molecule has 2 saturated heterocycles. The second kappa shape index (κ2) is 35.2. The van der Waals surface area contributed by atoms with Crippen molar-refractivity contribution < 1.29 is 66.3 Å². The zero-order valence-electron chi connectivity index (χ0n) is 56.5. The molecule has 0 atom stereocenters. The van der Waals surface area contributed by atoms with E-state index < -0.39 is 0 Å². The Bertz CT molecular complexity index is 3740. The van der Waals surface area contributed by atoms with Crippen LogP contribution in [0.1, 0.15) is 78.1 Å². The summed E-state index contributed by atoms with van der Waals surface area (Å²) in [7, 11) is 0. The first-order chi connectivity index (χ1) is 48.4. The molecule has 10 aromatic carbocycles. The number of hydrogen-bond acceptors (Lipinski definition) is 14. The predicted molar refractivity (Wildman–Crippen MR) is 385 cm³/mol. The van der Waals surface area contributed by atoms with E-state index in [0.29, 0.717) is 59.2 Å². The lowest BCUT2D eigenvalue weighted by atomic mass is 9.84. The Balaban J connectivity index is 0.571. The van der Waals surface area contributed by atoms with Crippen molar-refractivity contribution in [1.29, 1.82) is 0 Å². The Kier molecular flexibility index (Phi) is 24.6. The first-order valence-corrected chi connectivity index (χ1v) is 34.6. The highest BCUT2D eigenvalue weighted by molar-refractivity contribution is 6.09. The van der Waals surface area contributed by atoms with E-state index in [0.717, 1.165) is 183 Å². The molecule has 0 spiro atoms. The Morgan fingerprint density at radius 3 is 0.847 bits per heavy atom. The lowest BCUT2D eigenvalue weighted by Gasteiger charge is -2.40. The lowest BCUT2D eigenvalue weighted by Crippen LogP contribution is -2.45. The average Bonchev–Trinajstić information content (AvgIpc) is 0.755. The van der Waals surface area contributed by atoms with Crippen molar-refractivity contribution in [2.45, 2.75) is 78.1 Å². The van der Waals surface area contributed by atoms with Gasteiger partial charge < -0.3 is 66.3 Å². The fraction of sp³-hybridized carbons (Fsp3) is 0.333. The minimum Gasteiger partial charge on any atom is -0.494 e. The van der Waals surface area contributed by atoms with Crippen LogP contribution in [0.3, 0.4) is 0 Å². The van der Waals surface area contributed by atoms with Crippen LogP contribution in [0.2, 0.25) is 0 Å². The average molecular weight is 1320 g/mol. The molecule has 14 heteroatoms. The number of fused-ring (bicyclic) bond motifs is 2. The molecule has 10 aromatic rings. The van der Waals surface area contributed by atoms with Crippen molar-refractivity contribution in [1.82, 2.24) is 0 Å². The van der Waals surface area contributed by atoms with Crippen LogP contribution >= 0.6 is 0 Å². The molecule has 2 aliphatic rings. The van der Waals surface area contributed by atoms with E-state index in [-0.39, 0.29) is 38.0 Å². The van der Waals surface area contributed by atoms with Crippen molar-refractivity contribution in [2.75, 3.05) is 93.2 Å². The maximum absolute atomic E-state index is 6.58. The van der Waals surface area contributed by atoms with Crippen LogP contribution in [0.25, 0.3) is 54.9 Å². The van der Waals surface area contributed by atoms with Crippen molar-refractivity contribution in [3.8, 4) is 90.9 Å². The molecular weight excluding hydrogens is 1230 g/mol. The van der Waals surface area contributed by atoms with Gasteiger partial charge in [-0.25, -0.2) is 0 Å². The first-order valence-electron chi connectivity index (χ1n) is 34.6. The molecule has 14 nitrogen and oxygen atoms in total. The van der Waals surface area contributed by atoms with Crippen molar-refractivity contribution in [3.05, 3.63) is 218 Å². The van der Waals surface area contributed by atoms with Gasteiger partial charge in [-0.3, -0.25) is 0 Å².